The predicted molar refractivity (Wildman–Crippen MR) is 69.7 cm³/mol. The van der Waals surface area contributed by atoms with E-state index in [1.54, 1.807) is 6.92 Å². The van der Waals surface area contributed by atoms with Crippen LogP contribution in [0.2, 0.25) is 0 Å². The van der Waals surface area contributed by atoms with Gasteiger partial charge in [0.2, 0.25) is 10.0 Å². The maximum absolute atomic E-state index is 11.9. The van der Waals surface area contributed by atoms with E-state index in [9.17, 15) is 8.42 Å². The summed E-state index contributed by atoms with van der Waals surface area (Å²) in [6.07, 6.45) is 1.48. The van der Waals surface area contributed by atoms with Crippen LogP contribution < -0.4 is 10.5 Å². The van der Waals surface area contributed by atoms with E-state index < -0.39 is 15.3 Å². The Morgan fingerprint density at radius 1 is 1.62 bits per heavy atom. The lowest BCUT2D eigenvalue weighted by molar-refractivity contribution is 0.535. The quantitative estimate of drug-likeness (QED) is 0.703. The summed E-state index contributed by atoms with van der Waals surface area (Å²) in [4.78, 5) is 0.0463. The van der Waals surface area contributed by atoms with Gasteiger partial charge in [0.25, 0.3) is 0 Å². The molecule has 0 aromatic heterocycles. The zero-order chi connectivity index (χ0) is 12.6. The lowest BCUT2D eigenvalue weighted by atomic mass is 10.1. The Morgan fingerprint density at radius 3 is 2.44 bits per heavy atom. The van der Waals surface area contributed by atoms with Gasteiger partial charge < -0.3 is 5.73 Å². The highest BCUT2D eigenvalue weighted by atomic mass is 32.2. The van der Waals surface area contributed by atoms with Crippen molar-refractivity contribution in [2.75, 3.05) is 6.54 Å². The van der Waals surface area contributed by atoms with Crippen LogP contribution in [0.4, 0.5) is 0 Å². The Morgan fingerprint density at radius 2 is 2.12 bits per heavy atom. The summed E-state index contributed by atoms with van der Waals surface area (Å²) < 4.78 is 26.3. The van der Waals surface area contributed by atoms with Crippen LogP contribution in [0.1, 0.15) is 33.6 Å². The number of nitrogens with one attached hydrogen (secondary N) is 1. The lowest BCUT2D eigenvalue weighted by Gasteiger charge is -2.15. The molecule has 0 saturated heterocycles. The summed E-state index contributed by atoms with van der Waals surface area (Å²) in [6, 6.07) is 0. The predicted octanol–water partition coefficient (Wildman–Crippen LogP) is 1.02. The summed E-state index contributed by atoms with van der Waals surface area (Å²) in [5, 5.41) is -0.746. The van der Waals surface area contributed by atoms with Gasteiger partial charge in [-0.05, 0) is 24.2 Å². The monoisotopic (exact) mass is 264 g/mol. The lowest BCUT2D eigenvalue weighted by Crippen LogP contribution is -2.42. The van der Waals surface area contributed by atoms with Crippen LogP contribution in [0.15, 0.2) is 0 Å². The summed E-state index contributed by atoms with van der Waals surface area (Å²) in [7, 11) is -3.39. The van der Waals surface area contributed by atoms with Crippen molar-refractivity contribution in [1.29, 1.82) is 0 Å². The first kappa shape index (κ1) is 13.9. The molecule has 0 spiro atoms. The highest BCUT2D eigenvalue weighted by Gasteiger charge is 2.45. The Kier molecular flexibility index (Phi) is 3.97. The molecule has 0 bridgehead atoms. The van der Waals surface area contributed by atoms with Crippen molar-refractivity contribution < 1.29 is 8.42 Å². The molecule has 0 heterocycles. The van der Waals surface area contributed by atoms with Crippen molar-refractivity contribution in [3.8, 4) is 0 Å². The molecule has 2 atom stereocenters. The van der Waals surface area contributed by atoms with Gasteiger partial charge in [0.05, 0.1) is 4.99 Å². The van der Waals surface area contributed by atoms with Gasteiger partial charge in [-0.15, -0.1) is 0 Å². The Labute approximate surface area is 103 Å². The first-order chi connectivity index (χ1) is 7.20. The SMILES string of the molecule is CCC(C(N)=S)S(=O)(=O)NCC1CC1(C)C. The topological polar surface area (TPSA) is 72.2 Å². The van der Waals surface area contributed by atoms with Crippen LogP contribution >= 0.6 is 12.2 Å². The summed E-state index contributed by atoms with van der Waals surface area (Å²) in [6.45, 7) is 6.53. The minimum atomic E-state index is -3.39. The molecule has 0 aliphatic heterocycles. The minimum Gasteiger partial charge on any atom is -0.392 e. The molecule has 6 heteroatoms. The molecule has 3 N–H and O–H groups in total. The van der Waals surface area contributed by atoms with E-state index in [1.807, 2.05) is 0 Å². The highest BCUT2D eigenvalue weighted by Crippen LogP contribution is 2.51. The van der Waals surface area contributed by atoms with Crippen LogP contribution in [-0.2, 0) is 10.0 Å². The molecule has 1 aliphatic carbocycles. The van der Waals surface area contributed by atoms with Crippen LogP contribution in [0.25, 0.3) is 0 Å². The van der Waals surface area contributed by atoms with Crippen molar-refractivity contribution in [2.45, 2.75) is 38.9 Å². The molecule has 1 rings (SSSR count). The third kappa shape index (κ3) is 3.15. The number of thiocarbonyl (C=S) groups is 1. The molecular formula is C10H20N2O2S2. The third-order valence-corrected chi connectivity index (χ3v) is 5.65. The molecule has 1 saturated carbocycles. The molecule has 0 radical (unpaired) electrons. The summed E-state index contributed by atoms with van der Waals surface area (Å²) >= 11 is 4.76. The molecule has 0 aromatic rings. The van der Waals surface area contributed by atoms with Gasteiger partial charge in [-0.2, -0.15) is 0 Å². The summed E-state index contributed by atoms with van der Waals surface area (Å²) in [5.41, 5.74) is 5.69. The molecule has 94 valence electrons. The fourth-order valence-corrected chi connectivity index (χ4v) is 3.74. The molecule has 0 aromatic carbocycles. The maximum atomic E-state index is 11.9. The van der Waals surface area contributed by atoms with Crippen LogP contribution in [0.3, 0.4) is 0 Å². The second-order valence-electron chi connectivity index (χ2n) is 5.08. The number of nitrogens with two attached hydrogens (primary N) is 1. The van der Waals surface area contributed by atoms with Gasteiger partial charge in [-0.1, -0.05) is 33.0 Å². The number of sulfonamides is 1. The van der Waals surface area contributed by atoms with Gasteiger partial charge in [0.15, 0.2) is 0 Å². The van der Waals surface area contributed by atoms with Crippen LogP contribution in [-0.4, -0.2) is 25.2 Å². The fraction of sp³-hybridized carbons (Fsp3) is 0.900. The summed E-state index contributed by atoms with van der Waals surface area (Å²) in [5.74, 6) is 0.436. The largest absolute Gasteiger partial charge is 0.392 e. The maximum Gasteiger partial charge on any atom is 0.221 e. The Hall–Kier alpha value is -0.200. The third-order valence-electron chi connectivity index (χ3n) is 3.31. The van der Waals surface area contributed by atoms with Gasteiger partial charge in [-0.3, -0.25) is 0 Å². The van der Waals surface area contributed by atoms with Crippen LogP contribution in [0, 0.1) is 11.3 Å². The standard InChI is InChI=1S/C10H20N2O2S2/c1-4-8(9(11)15)16(13,14)12-6-7-5-10(7,2)3/h7-8,12H,4-6H2,1-3H3,(H2,11,15). The van der Waals surface area contributed by atoms with Crippen molar-refractivity contribution >= 4 is 27.2 Å². The fourth-order valence-electron chi connectivity index (χ4n) is 1.82. The number of hydrogen-bond acceptors (Lipinski definition) is 3. The molecule has 16 heavy (non-hydrogen) atoms. The van der Waals surface area contributed by atoms with Crippen molar-refractivity contribution in [2.24, 2.45) is 17.1 Å². The van der Waals surface area contributed by atoms with Gasteiger partial charge in [-0.25, -0.2) is 13.1 Å². The normalized spacial score (nSPS) is 25.1. The van der Waals surface area contributed by atoms with Gasteiger partial charge in [0, 0.05) is 6.54 Å². The molecular weight excluding hydrogens is 244 g/mol. The first-order valence-electron chi connectivity index (χ1n) is 5.48. The van der Waals surface area contributed by atoms with E-state index in [2.05, 4.69) is 18.6 Å². The molecule has 1 aliphatic rings. The molecule has 1 fully saturated rings. The van der Waals surface area contributed by atoms with E-state index in [1.165, 1.54) is 0 Å². The van der Waals surface area contributed by atoms with E-state index in [4.69, 9.17) is 18.0 Å². The van der Waals surface area contributed by atoms with E-state index >= 15 is 0 Å². The van der Waals surface area contributed by atoms with Crippen LogP contribution in [0.5, 0.6) is 0 Å². The number of rotatable bonds is 6. The molecule has 4 nitrogen and oxygen atoms in total. The first-order valence-corrected chi connectivity index (χ1v) is 7.44. The smallest absolute Gasteiger partial charge is 0.221 e. The van der Waals surface area contributed by atoms with Gasteiger partial charge >= 0.3 is 0 Å². The molecule has 0 amide bonds. The van der Waals surface area contributed by atoms with Crippen molar-refractivity contribution in [1.82, 2.24) is 4.72 Å². The minimum absolute atomic E-state index is 0.0463. The Bertz CT molecular complexity index is 376. The van der Waals surface area contributed by atoms with E-state index in [0.29, 0.717) is 18.9 Å². The van der Waals surface area contributed by atoms with Crippen molar-refractivity contribution in [3.05, 3.63) is 0 Å². The average molecular weight is 264 g/mol. The number of hydrogen-bond donors (Lipinski definition) is 2. The average Bonchev–Trinajstić information content (AvgIpc) is 2.71. The molecule has 2 unspecified atom stereocenters. The van der Waals surface area contributed by atoms with Crippen molar-refractivity contribution in [3.63, 3.8) is 0 Å². The second kappa shape index (κ2) is 4.58. The Balaban J connectivity index is 2.55. The zero-order valence-electron chi connectivity index (χ0n) is 9.99. The van der Waals surface area contributed by atoms with Gasteiger partial charge in [0.1, 0.15) is 5.25 Å². The highest BCUT2D eigenvalue weighted by molar-refractivity contribution is 7.93. The van der Waals surface area contributed by atoms with E-state index in [0.717, 1.165) is 6.42 Å². The van der Waals surface area contributed by atoms with E-state index in [-0.39, 0.29) is 10.4 Å². The second-order valence-corrected chi connectivity index (χ2v) is 7.50. The zero-order valence-corrected chi connectivity index (χ0v) is 11.6.